The summed E-state index contributed by atoms with van der Waals surface area (Å²) in [5.74, 6) is -0.645. The number of pyridine rings is 1. The largest absolute Gasteiger partial charge is 0.493 e. The molecule has 3 rings (SSSR count). The van der Waals surface area contributed by atoms with E-state index in [9.17, 15) is 9.59 Å². The van der Waals surface area contributed by atoms with Gasteiger partial charge in [0.1, 0.15) is 18.4 Å². The molecule has 1 aliphatic rings. The van der Waals surface area contributed by atoms with E-state index in [1.54, 1.807) is 12.1 Å². The third-order valence-corrected chi connectivity index (χ3v) is 3.21. The van der Waals surface area contributed by atoms with Gasteiger partial charge in [-0.25, -0.2) is 4.79 Å². The van der Waals surface area contributed by atoms with Crippen molar-refractivity contribution in [1.82, 2.24) is 4.73 Å². The molecule has 0 spiro atoms. The molecule has 98 valence electrons. The van der Waals surface area contributed by atoms with Crippen LogP contribution >= 0.6 is 0 Å². The number of carboxylic acids is 1. The van der Waals surface area contributed by atoms with Gasteiger partial charge in [0.25, 0.3) is 0 Å². The summed E-state index contributed by atoms with van der Waals surface area (Å²) in [5.41, 5.74) is 0.670. The minimum Gasteiger partial charge on any atom is -0.493 e. The van der Waals surface area contributed by atoms with Crippen molar-refractivity contribution in [2.75, 3.05) is 13.7 Å². The average Bonchev–Trinajstić information content (AvgIpc) is 2.84. The van der Waals surface area contributed by atoms with Gasteiger partial charge in [-0.3, -0.25) is 4.79 Å². The van der Waals surface area contributed by atoms with Crippen LogP contribution in [-0.2, 0) is 6.42 Å². The summed E-state index contributed by atoms with van der Waals surface area (Å²) in [4.78, 5) is 28.3. The van der Waals surface area contributed by atoms with E-state index < -0.39 is 11.4 Å². The Morgan fingerprint density at radius 1 is 1.47 bits per heavy atom. The van der Waals surface area contributed by atoms with Gasteiger partial charge in [-0.1, -0.05) is 0 Å². The van der Waals surface area contributed by atoms with E-state index in [0.717, 1.165) is 12.0 Å². The number of carbonyl (C=O) groups is 1. The lowest BCUT2D eigenvalue weighted by Crippen LogP contribution is -2.21. The summed E-state index contributed by atoms with van der Waals surface area (Å²) < 4.78 is 6.69. The molecule has 2 heterocycles. The summed E-state index contributed by atoms with van der Waals surface area (Å²) in [6, 6.07) is 3.39. The molecular formula is C13H11NO5. The summed E-state index contributed by atoms with van der Waals surface area (Å²) in [7, 11) is 1.42. The van der Waals surface area contributed by atoms with E-state index in [0.29, 0.717) is 17.9 Å². The molecule has 1 aliphatic heterocycles. The van der Waals surface area contributed by atoms with Crippen molar-refractivity contribution in [1.29, 1.82) is 0 Å². The van der Waals surface area contributed by atoms with E-state index in [1.165, 1.54) is 18.0 Å². The number of aromatic nitrogens is 1. The third-order valence-electron chi connectivity index (χ3n) is 3.21. The molecule has 0 fully saturated rings. The Morgan fingerprint density at radius 2 is 2.26 bits per heavy atom. The Morgan fingerprint density at radius 3 is 2.95 bits per heavy atom. The average molecular weight is 261 g/mol. The highest BCUT2D eigenvalue weighted by Gasteiger charge is 2.19. The van der Waals surface area contributed by atoms with Gasteiger partial charge < -0.3 is 14.7 Å². The minimum atomic E-state index is -1.28. The molecule has 0 saturated heterocycles. The molecular weight excluding hydrogens is 250 g/mol. The second-order valence-electron chi connectivity index (χ2n) is 4.26. The fraction of sp³-hybridized carbons (Fsp3) is 0.231. The highest BCUT2D eigenvalue weighted by atomic mass is 16.6. The molecule has 6 nitrogen and oxygen atoms in total. The smallest absolute Gasteiger partial charge is 0.341 e. The van der Waals surface area contributed by atoms with Crippen molar-refractivity contribution in [2.45, 2.75) is 6.42 Å². The Hall–Kier alpha value is -2.50. The lowest BCUT2D eigenvalue weighted by molar-refractivity contribution is 0.0691. The second kappa shape index (κ2) is 4.01. The zero-order valence-corrected chi connectivity index (χ0v) is 10.2. The van der Waals surface area contributed by atoms with Crippen molar-refractivity contribution >= 4 is 16.9 Å². The monoisotopic (exact) mass is 261 g/mol. The van der Waals surface area contributed by atoms with Gasteiger partial charge in [-0.05, 0) is 17.7 Å². The van der Waals surface area contributed by atoms with Crippen molar-refractivity contribution in [3.8, 4) is 5.75 Å². The van der Waals surface area contributed by atoms with Crippen LogP contribution in [-0.4, -0.2) is 29.5 Å². The van der Waals surface area contributed by atoms with Crippen LogP contribution in [0.25, 0.3) is 10.9 Å². The number of hydrogen-bond acceptors (Lipinski definition) is 4. The fourth-order valence-corrected chi connectivity index (χ4v) is 2.27. The molecule has 1 aromatic carbocycles. The maximum absolute atomic E-state index is 12.1. The van der Waals surface area contributed by atoms with Gasteiger partial charge in [0.05, 0.1) is 23.7 Å². The van der Waals surface area contributed by atoms with Crippen LogP contribution in [0.5, 0.6) is 5.75 Å². The van der Waals surface area contributed by atoms with E-state index in [-0.39, 0.29) is 10.9 Å². The summed E-state index contributed by atoms with van der Waals surface area (Å²) in [5, 5.41) is 9.32. The Labute approximate surface area is 107 Å². The number of aromatic carboxylic acids is 1. The molecule has 0 atom stereocenters. The molecule has 2 aromatic rings. The predicted molar refractivity (Wildman–Crippen MR) is 66.9 cm³/mol. The van der Waals surface area contributed by atoms with Crippen molar-refractivity contribution in [2.24, 2.45) is 0 Å². The first kappa shape index (κ1) is 11.6. The molecule has 0 aliphatic carbocycles. The fourth-order valence-electron chi connectivity index (χ4n) is 2.27. The van der Waals surface area contributed by atoms with E-state index in [4.69, 9.17) is 14.7 Å². The zero-order chi connectivity index (χ0) is 13.6. The SMILES string of the molecule is COn1cc(C(=O)O)c(=O)c2cc3c(cc21)CCO3. The van der Waals surface area contributed by atoms with E-state index in [2.05, 4.69) is 0 Å². The lowest BCUT2D eigenvalue weighted by atomic mass is 10.1. The first-order chi connectivity index (χ1) is 9.11. The van der Waals surface area contributed by atoms with Gasteiger partial charge >= 0.3 is 5.97 Å². The van der Waals surface area contributed by atoms with Crippen LogP contribution in [0.4, 0.5) is 0 Å². The molecule has 0 amide bonds. The molecule has 1 aromatic heterocycles. The van der Waals surface area contributed by atoms with Crippen molar-refractivity contribution in [3.63, 3.8) is 0 Å². The zero-order valence-electron chi connectivity index (χ0n) is 10.2. The summed E-state index contributed by atoms with van der Waals surface area (Å²) in [6.07, 6.45) is 1.96. The minimum absolute atomic E-state index is 0.280. The van der Waals surface area contributed by atoms with Gasteiger partial charge in [-0.15, -0.1) is 0 Å². The predicted octanol–water partition coefficient (Wildman–Crippen LogP) is 0.693. The second-order valence-corrected chi connectivity index (χ2v) is 4.26. The lowest BCUT2D eigenvalue weighted by Gasteiger charge is -2.11. The van der Waals surface area contributed by atoms with E-state index >= 15 is 0 Å². The van der Waals surface area contributed by atoms with Crippen LogP contribution < -0.4 is 15.0 Å². The van der Waals surface area contributed by atoms with Crippen molar-refractivity contribution in [3.05, 3.63) is 39.7 Å². The molecule has 0 bridgehead atoms. The highest BCUT2D eigenvalue weighted by molar-refractivity contribution is 5.93. The quantitative estimate of drug-likeness (QED) is 0.860. The normalized spacial score (nSPS) is 13.1. The van der Waals surface area contributed by atoms with E-state index in [1.807, 2.05) is 0 Å². The maximum Gasteiger partial charge on any atom is 0.341 e. The molecule has 1 N–H and O–H groups in total. The topological polar surface area (TPSA) is 77.8 Å². The van der Waals surface area contributed by atoms with Crippen LogP contribution in [0, 0.1) is 0 Å². The molecule has 0 saturated carbocycles. The van der Waals surface area contributed by atoms with Crippen LogP contribution in [0.1, 0.15) is 15.9 Å². The number of nitrogens with zero attached hydrogens (tertiary/aromatic N) is 1. The Balaban J connectivity index is 2.43. The first-order valence-corrected chi connectivity index (χ1v) is 5.74. The Kier molecular flexibility index (Phi) is 2.45. The molecule has 0 radical (unpaired) electrons. The number of fused-ring (bicyclic) bond motifs is 2. The number of rotatable bonds is 2. The number of ether oxygens (including phenoxy) is 1. The molecule has 0 unspecified atom stereocenters. The van der Waals surface area contributed by atoms with Crippen LogP contribution in [0.2, 0.25) is 0 Å². The van der Waals surface area contributed by atoms with Gasteiger partial charge in [0.2, 0.25) is 5.43 Å². The van der Waals surface area contributed by atoms with Crippen LogP contribution in [0.3, 0.4) is 0 Å². The molecule has 19 heavy (non-hydrogen) atoms. The van der Waals surface area contributed by atoms with Gasteiger partial charge in [-0.2, -0.15) is 4.73 Å². The molecule has 6 heteroatoms. The number of benzene rings is 1. The summed E-state index contributed by atoms with van der Waals surface area (Å²) in [6.45, 7) is 0.568. The number of hydrogen-bond donors (Lipinski definition) is 1. The van der Waals surface area contributed by atoms with Gasteiger partial charge in [0.15, 0.2) is 0 Å². The maximum atomic E-state index is 12.1. The standard InChI is InChI=1S/C13H11NO5/c1-18-14-6-9(13(16)17)12(15)8-5-11-7(2-3-19-11)4-10(8)14/h4-6H,2-3H2,1H3,(H,16,17). The third kappa shape index (κ3) is 1.64. The van der Waals surface area contributed by atoms with Crippen LogP contribution in [0.15, 0.2) is 23.1 Å². The first-order valence-electron chi connectivity index (χ1n) is 5.74. The highest BCUT2D eigenvalue weighted by Crippen LogP contribution is 2.29. The van der Waals surface area contributed by atoms with Crippen molar-refractivity contribution < 1.29 is 19.5 Å². The summed E-state index contributed by atoms with van der Waals surface area (Å²) >= 11 is 0. The number of carboxylic acid groups (broad SMARTS) is 1. The Bertz CT molecular complexity index is 747. The van der Waals surface area contributed by atoms with Gasteiger partial charge in [0, 0.05) is 6.42 Å².